The summed E-state index contributed by atoms with van der Waals surface area (Å²) >= 11 is 6.02. The molecule has 107 valence electrons. The first-order valence-corrected chi connectivity index (χ1v) is 7.89. The van der Waals surface area contributed by atoms with E-state index in [1.165, 1.54) is 22.8 Å². The summed E-state index contributed by atoms with van der Waals surface area (Å²) in [5.74, 6) is 0.599. The van der Waals surface area contributed by atoms with Crippen LogP contribution in [0.4, 0.5) is 0 Å². The molecule has 1 unspecified atom stereocenters. The lowest BCUT2D eigenvalue weighted by molar-refractivity contribution is 0.185. The van der Waals surface area contributed by atoms with Crippen LogP contribution in [-0.2, 0) is 5.11 Å². The normalized spacial score (nSPS) is 12.8. The molecule has 2 rings (SSSR count). The Bertz CT molecular complexity index is 550. The van der Waals surface area contributed by atoms with E-state index in [0.29, 0.717) is 5.92 Å². The van der Waals surface area contributed by atoms with Crippen LogP contribution < -0.4 is 0 Å². The third-order valence-corrected chi connectivity index (χ3v) is 4.22. The molecule has 1 atom stereocenters. The van der Waals surface area contributed by atoms with Crippen molar-refractivity contribution in [2.24, 2.45) is 0 Å². The van der Waals surface area contributed by atoms with Gasteiger partial charge >= 0.3 is 0 Å². The van der Waals surface area contributed by atoms with Crippen molar-refractivity contribution >= 4 is 22.4 Å². The Hall–Kier alpha value is -1.05. The third kappa shape index (κ3) is 3.97. The molecule has 0 bridgehead atoms. The van der Waals surface area contributed by atoms with Gasteiger partial charge in [0.2, 0.25) is 0 Å². The van der Waals surface area contributed by atoms with Gasteiger partial charge in [0.05, 0.1) is 6.61 Å². The molecule has 0 saturated heterocycles. The molecule has 20 heavy (non-hydrogen) atoms. The lowest BCUT2D eigenvalue weighted by Crippen LogP contribution is -1.98. The van der Waals surface area contributed by atoms with Crippen LogP contribution in [0.2, 0.25) is 5.02 Å². The Balaban J connectivity index is 2.11. The van der Waals surface area contributed by atoms with Crippen LogP contribution in [-0.4, -0.2) is 6.61 Å². The Morgan fingerprint density at radius 2 is 1.75 bits per heavy atom. The van der Waals surface area contributed by atoms with E-state index in [4.69, 9.17) is 11.6 Å². The molecule has 0 saturated carbocycles. The summed E-state index contributed by atoms with van der Waals surface area (Å²) in [6.07, 6.45) is 5.35. The number of halogens is 1. The topological polar surface area (TPSA) is 19.9 Å². The summed E-state index contributed by atoms with van der Waals surface area (Å²) in [6, 6.07) is 12.7. The Morgan fingerprint density at radius 1 is 1.00 bits per heavy atom. The van der Waals surface area contributed by atoms with Gasteiger partial charge in [0.1, 0.15) is 0 Å². The highest BCUT2D eigenvalue weighted by molar-refractivity contribution is 6.31. The number of rotatable bonds is 7. The van der Waals surface area contributed by atoms with Crippen molar-refractivity contribution in [1.82, 2.24) is 0 Å². The second-order valence-electron chi connectivity index (χ2n) is 5.41. The molecule has 0 spiro atoms. The molecule has 0 heterocycles. The smallest absolute Gasteiger partial charge is 0.0822 e. The average molecular weight is 290 g/mol. The predicted molar refractivity (Wildman–Crippen MR) is 86.0 cm³/mol. The molecule has 1 nitrogen and oxygen atoms in total. The van der Waals surface area contributed by atoms with Crippen LogP contribution in [0.15, 0.2) is 36.4 Å². The van der Waals surface area contributed by atoms with Crippen molar-refractivity contribution in [2.45, 2.75) is 44.9 Å². The zero-order valence-electron chi connectivity index (χ0n) is 12.1. The van der Waals surface area contributed by atoms with Gasteiger partial charge in [0.25, 0.3) is 0 Å². The van der Waals surface area contributed by atoms with E-state index in [0.717, 1.165) is 30.7 Å². The van der Waals surface area contributed by atoms with Crippen molar-refractivity contribution in [3.05, 3.63) is 47.0 Å². The number of unbranched alkanes of at least 4 members (excludes halogenated alkanes) is 2. The molecule has 2 aromatic rings. The van der Waals surface area contributed by atoms with Crippen LogP contribution in [0.25, 0.3) is 10.8 Å². The summed E-state index contributed by atoms with van der Waals surface area (Å²) in [7, 11) is 0. The standard InChI is InChI=1S/C18H22ClO/c1-2-14(6-4-3-5-11-20)15-7-8-17-13-18(19)10-9-16(17)12-15/h7-10,12-14H,2-6,11H2,1H3. The second-order valence-corrected chi connectivity index (χ2v) is 5.85. The van der Waals surface area contributed by atoms with Crippen LogP contribution >= 0.6 is 11.6 Å². The summed E-state index contributed by atoms with van der Waals surface area (Å²) in [5.41, 5.74) is 1.41. The first kappa shape index (κ1) is 15.3. The molecule has 0 N–H and O–H groups in total. The van der Waals surface area contributed by atoms with E-state index in [-0.39, 0.29) is 6.61 Å². The highest BCUT2D eigenvalue weighted by atomic mass is 35.5. The van der Waals surface area contributed by atoms with Crippen molar-refractivity contribution in [3.8, 4) is 0 Å². The molecule has 0 fully saturated rings. The van der Waals surface area contributed by atoms with Gasteiger partial charge in [-0.25, -0.2) is 5.11 Å². The molecule has 2 heteroatoms. The van der Waals surface area contributed by atoms with Gasteiger partial charge in [0.15, 0.2) is 0 Å². The fourth-order valence-electron chi connectivity index (χ4n) is 2.77. The lowest BCUT2D eigenvalue weighted by Gasteiger charge is -2.16. The van der Waals surface area contributed by atoms with E-state index < -0.39 is 0 Å². The second kappa shape index (κ2) is 7.66. The minimum absolute atomic E-state index is 0.0630. The first-order chi connectivity index (χ1) is 9.74. The lowest BCUT2D eigenvalue weighted by atomic mass is 9.89. The minimum Gasteiger partial charge on any atom is -0.237 e. The van der Waals surface area contributed by atoms with Crippen LogP contribution in [0.3, 0.4) is 0 Å². The number of hydrogen-bond acceptors (Lipinski definition) is 0. The molecule has 0 aliphatic rings. The zero-order chi connectivity index (χ0) is 14.4. The maximum absolute atomic E-state index is 10.5. The number of fused-ring (bicyclic) bond motifs is 1. The quantitative estimate of drug-likeness (QED) is 0.559. The van der Waals surface area contributed by atoms with E-state index in [2.05, 4.69) is 31.2 Å². The fourth-order valence-corrected chi connectivity index (χ4v) is 2.95. The Morgan fingerprint density at radius 3 is 2.50 bits per heavy atom. The Labute approximate surface area is 126 Å². The number of benzene rings is 2. The van der Waals surface area contributed by atoms with Gasteiger partial charge in [-0.1, -0.05) is 55.6 Å². The molecule has 0 aliphatic carbocycles. The SMILES string of the molecule is CCC(CCCCC[O])c1ccc2cc(Cl)ccc2c1. The summed E-state index contributed by atoms with van der Waals surface area (Å²) < 4.78 is 0. The number of hydrogen-bond donors (Lipinski definition) is 0. The molecule has 2 aromatic carbocycles. The van der Waals surface area contributed by atoms with Gasteiger partial charge in [-0.3, -0.25) is 0 Å². The minimum atomic E-state index is 0.0630. The summed E-state index contributed by atoms with van der Waals surface area (Å²) in [5, 5.41) is 13.7. The first-order valence-electron chi connectivity index (χ1n) is 7.52. The van der Waals surface area contributed by atoms with Crippen LogP contribution in [0, 0.1) is 0 Å². The third-order valence-electron chi connectivity index (χ3n) is 3.99. The van der Waals surface area contributed by atoms with Crippen LogP contribution in [0.5, 0.6) is 0 Å². The van der Waals surface area contributed by atoms with E-state index >= 15 is 0 Å². The fraction of sp³-hybridized carbons (Fsp3) is 0.444. The maximum Gasteiger partial charge on any atom is 0.0822 e. The van der Waals surface area contributed by atoms with Gasteiger partial charge < -0.3 is 0 Å². The summed E-state index contributed by atoms with van der Waals surface area (Å²) in [6.45, 7) is 2.30. The van der Waals surface area contributed by atoms with E-state index in [1.54, 1.807) is 0 Å². The van der Waals surface area contributed by atoms with Gasteiger partial charge in [0, 0.05) is 5.02 Å². The predicted octanol–water partition coefficient (Wildman–Crippen LogP) is 5.98. The Kier molecular flexibility index (Phi) is 5.87. The highest BCUT2D eigenvalue weighted by Crippen LogP contribution is 2.29. The molecule has 1 radical (unpaired) electrons. The van der Waals surface area contributed by atoms with Gasteiger partial charge in [-0.05, 0) is 53.6 Å². The largest absolute Gasteiger partial charge is 0.237 e. The van der Waals surface area contributed by atoms with Crippen LogP contribution in [0.1, 0.15) is 50.5 Å². The summed E-state index contributed by atoms with van der Waals surface area (Å²) in [4.78, 5) is 0. The van der Waals surface area contributed by atoms with Gasteiger partial charge in [-0.2, -0.15) is 0 Å². The van der Waals surface area contributed by atoms with Gasteiger partial charge in [-0.15, -0.1) is 0 Å². The van der Waals surface area contributed by atoms with Crippen molar-refractivity contribution < 1.29 is 5.11 Å². The average Bonchev–Trinajstić information content (AvgIpc) is 2.47. The van der Waals surface area contributed by atoms with Crippen molar-refractivity contribution in [2.75, 3.05) is 6.61 Å². The van der Waals surface area contributed by atoms with Crippen molar-refractivity contribution in [1.29, 1.82) is 0 Å². The molecule has 0 aromatic heterocycles. The maximum atomic E-state index is 10.5. The van der Waals surface area contributed by atoms with E-state index in [9.17, 15) is 5.11 Å². The highest BCUT2D eigenvalue weighted by Gasteiger charge is 2.09. The van der Waals surface area contributed by atoms with E-state index in [1.807, 2.05) is 12.1 Å². The molecular formula is C18H22ClO. The molecular weight excluding hydrogens is 268 g/mol. The molecule has 0 aliphatic heterocycles. The molecule has 0 amide bonds. The monoisotopic (exact) mass is 289 g/mol. The van der Waals surface area contributed by atoms with Crippen molar-refractivity contribution in [3.63, 3.8) is 0 Å². The zero-order valence-corrected chi connectivity index (χ0v) is 12.8.